The minimum absolute atomic E-state index is 0.475. The number of anilines is 1. The zero-order chi connectivity index (χ0) is 15.4. The van der Waals surface area contributed by atoms with Crippen molar-refractivity contribution in [2.45, 2.75) is 39.3 Å². The van der Waals surface area contributed by atoms with Gasteiger partial charge in [-0.1, -0.05) is 20.3 Å². The first-order valence-corrected chi connectivity index (χ1v) is 7.82. The molecule has 0 saturated carbocycles. The molecule has 1 aromatic carbocycles. The van der Waals surface area contributed by atoms with Gasteiger partial charge < -0.3 is 19.7 Å². The van der Waals surface area contributed by atoms with Crippen molar-refractivity contribution < 1.29 is 9.47 Å². The highest BCUT2D eigenvalue weighted by Gasteiger charge is 2.28. The Morgan fingerprint density at radius 3 is 2.62 bits per heavy atom. The third-order valence-electron chi connectivity index (χ3n) is 4.63. The van der Waals surface area contributed by atoms with Gasteiger partial charge in [0.1, 0.15) is 0 Å². The van der Waals surface area contributed by atoms with Crippen LogP contribution >= 0.6 is 0 Å². The number of hydrogen-bond acceptors (Lipinski definition) is 4. The van der Waals surface area contributed by atoms with E-state index >= 15 is 0 Å². The maximum Gasteiger partial charge on any atom is 0.162 e. The molecule has 118 valence electrons. The van der Waals surface area contributed by atoms with Crippen molar-refractivity contribution in [3.05, 3.63) is 18.2 Å². The van der Waals surface area contributed by atoms with E-state index in [2.05, 4.69) is 43.1 Å². The molecule has 1 N–H and O–H groups in total. The van der Waals surface area contributed by atoms with Crippen molar-refractivity contribution in [1.82, 2.24) is 5.32 Å². The third-order valence-corrected chi connectivity index (χ3v) is 4.63. The van der Waals surface area contributed by atoms with Crippen LogP contribution in [0.2, 0.25) is 0 Å². The summed E-state index contributed by atoms with van der Waals surface area (Å²) in [5.74, 6) is 2.25. The average Bonchev–Trinajstić information content (AvgIpc) is 2.53. The normalized spacial score (nSPS) is 23.8. The summed E-state index contributed by atoms with van der Waals surface area (Å²) >= 11 is 0. The van der Waals surface area contributed by atoms with Crippen LogP contribution in [0.4, 0.5) is 5.69 Å². The molecule has 0 bridgehead atoms. The van der Waals surface area contributed by atoms with Gasteiger partial charge in [0.05, 0.1) is 14.2 Å². The number of piperazine rings is 1. The number of benzene rings is 1. The number of methoxy groups -OCH3 is 2. The van der Waals surface area contributed by atoms with E-state index in [1.54, 1.807) is 14.2 Å². The molecule has 4 heteroatoms. The Balaban J connectivity index is 2.22. The predicted octanol–water partition coefficient (Wildman–Crippen LogP) is 2.92. The molecule has 2 rings (SSSR count). The summed E-state index contributed by atoms with van der Waals surface area (Å²) in [5, 5.41) is 3.67. The quantitative estimate of drug-likeness (QED) is 0.905. The van der Waals surface area contributed by atoms with Crippen LogP contribution in [0.25, 0.3) is 0 Å². The predicted molar refractivity (Wildman–Crippen MR) is 87.6 cm³/mol. The average molecular weight is 292 g/mol. The molecule has 0 aliphatic carbocycles. The summed E-state index contributed by atoms with van der Waals surface area (Å²) in [7, 11) is 3.36. The SMILES string of the molecule is CCC(C)C1CN(c2ccc(OC)c(OC)c2)C(C)CN1. The zero-order valence-corrected chi connectivity index (χ0v) is 13.8. The number of hydrogen-bond donors (Lipinski definition) is 1. The first kappa shape index (κ1) is 16.0. The Labute approximate surface area is 128 Å². The zero-order valence-electron chi connectivity index (χ0n) is 13.8. The number of nitrogens with one attached hydrogen (secondary N) is 1. The topological polar surface area (TPSA) is 33.7 Å². The Morgan fingerprint density at radius 1 is 1.29 bits per heavy atom. The van der Waals surface area contributed by atoms with E-state index in [0.717, 1.165) is 24.6 Å². The van der Waals surface area contributed by atoms with E-state index in [1.165, 1.54) is 12.1 Å². The molecule has 0 radical (unpaired) electrons. The highest BCUT2D eigenvalue weighted by molar-refractivity contribution is 5.57. The molecule has 3 unspecified atom stereocenters. The smallest absolute Gasteiger partial charge is 0.162 e. The van der Waals surface area contributed by atoms with Crippen LogP contribution in [0, 0.1) is 5.92 Å². The van der Waals surface area contributed by atoms with E-state index < -0.39 is 0 Å². The third kappa shape index (κ3) is 3.43. The van der Waals surface area contributed by atoms with Crippen molar-refractivity contribution in [2.24, 2.45) is 5.92 Å². The van der Waals surface area contributed by atoms with Gasteiger partial charge in [-0.2, -0.15) is 0 Å². The second kappa shape index (κ2) is 7.03. The van der Waals surface area contributed by atoms with Crippen molar-refractivity contribution in [3.63, 3.8) is 0 Å². The first-order chi connectivity index (χ1) is 10.1. The molecule has 1 aromatic rings. The van der Waals surface area contributed by atoms with Crippen molar-refractivity contribution in [1.29, 1.82) is 0 Å². The molecule has 1 heterocycles. The molecule has 1 saturated heterocycles. The van der Waals surface area contributed by atoms with E-state index in [1.807, 2.05) is 6.07 Å². The van der Waals surface area contributed by atoms with Crippen LogP contribution in [-0.4, -0.2) is 39.4 Å². The second-order valence-corrected chi connectivity index (χ2v) is 5.94. The van der Waals surface area contributed by atoms with Crippen molar-refractivity contribution in [2.75, 3.05) is 32.2 Å². The van der Waals surface area contributed by atoms with Crippen LogP contribution < -0.4 is 19.7 Å². The number of ether oxygens (including phenoxy) is 2. The van der Waals surface area contributed by atoms with E-state index in [9.17, 15) is 0 Å². The summed E-state index contributed by atoms with van der Waals surface area (Å²) in [6.07, 6.45) is 1.20. The lowest BCUT2D eigenvalue weighted by Crippen LogP contribution is -2.57. The van der Waals surface area contributed by atoms with Gasteiger partial charge in [-0.25, -0.2) is 0 Å². The lowest BCUT2D eigenvalue weighted by Gasteiger charge is -2.42. The first-order valence-electron chi connectivity index (χ1n) is 7.82. The van der Waals surface area contributed by atoms with Crippen molar-refractivity contribution >= 4 is 5.69 Å². The summed E-state index contributed by atoms with van der Waals surface area (Å²) < 4.78 is 10.8. The van der Waals surface area contributed by atoms with Gasteiger partial charge in [-0.15, -0.1) is 0 Å². The molecule has 3 atom stereocenters. The lowest BCUT2D eigenvalue weighted by molar-refractivity contribution is 0.315. The second-order valence-electron chi connectivity index (χ2n) is 5.94. The fourth-order valence-electron chi connectivity index (χ4n) is 2.92. The van der Waals surface area contributed by atoms with Gasteiger partial charge in [-0.05, 0) is 25.0 Å². The maximum atomic E-state index is 5.43. The Kier molecular flexibility index (Phi) is 5.34. The minimum atomic E-state index is 0.475. The molecular formula is C17H28N2O2. The number of nitrogens with zero attached hydrogens (tertiary/aromatic N) is 1. The van der Waals surface area contributed by atoms with Crippen LogP contribution in [0.1, 0.15) is 27.2 Å². The Morgan fingerprint density at radius 2 is 2.00 bits per heavy atom. The number of rotatable bonds is 5. The maximum absolute atomic E-state index is 5.43. The summed E-state index contributed by atoms with van der Waals surface area (Å²) in [6, 6.07) is 7.20. The Hall–Kier alpha value is -1.42. The van der Waals surface area contributed by atoms with Crippen LogP contribution in [0.3, 0.4) is 0 Å². The van der Waals surface area contributed by atoms with Gasteiger partial charge in [0, 0.05) is 36.9 Å². The highest BCUT2D eigenvalue weighted by Crippen LogP contribution is 2.33. The van der Waals surface area contributed by atoms with Crippen LogP contribution in [-0.2, 0) is 0 Å². The molecule has 1 fully saturated rings. The molecule has 1 aliphatic rings. The lowest BCUT2D eigenvalue weighted by atomic mass is 9.95. The van der Waals surface area contributed by atoms with E-state index in [4.69, 9.17) is 9.47 Å². The van der Waals surface area contributed by atoms with Crippen molar-refractivity contribution in [3.8, 4) is 11.5 Å². The van der Waals surface area contributed by atoms with Gasteiger partial charge in [0.15, 0.2) is 11.5 Å². The molecule has 0 spiro atoms. The summed E-state index contributed by atoms with van der Waals surface area (Å²) in [4.78, 5) is 2.47. The summed E-state index contributed by atoms with van der Waals surface area (Å²) in [6.45, 7) is 8.89. The molecule has 21 heavy (non-hydrogen) atoms. The van der Waals surface area contributed by atoms with Crippen LogP contribution in [0.5, 0.6) is 11.5 Å². The van der Waals surface area contributed by atoms with Gasteiger partial charge in [0.2, 0.25) is 0 Å². The van der Waals surface area contributed by atoms with Gasteiger partial charge in [0.25, 0.3) is 0 Å². The van der Waals surface area contributed by atoms with Gasteiger partial charge >= 0.3 is 0 Å². The minimum Gasteiger partial charge on any atom is -0.493 e. The fourth-order valence-corrected chi connectivity index (χ4v) is 2.92. The standard InChI is InChI=1S/C17H28N2O2/c1-6-12(2)15-11-19(13(3)10-18-15)14-7-8-16(20-4)17(9-14)21-5/h7-9,12-13,15,18H,6,10-11H2,1-5H3. The van der Waals surface area contributed by atoms with E-state index in [0.29, 0.717) is 18.0 Å². The van der Waals surface area contributed by atoms with Crippen LogP contribution in [0.15, 0.2) is 18.2 Å². The molecule has 4 nitrogen and oxygen atoms in total. The molecule has 0 aromatic heterocycles. The molecule has 1 aliphatic heterocycles. The monoisotopic (exact) mass is 292 g/mol. The molecular weight excluding hydrogens is 264 g/mol. The largest absolute Gasteiger partial charge is 0.493 e. The summed E-state index contributed by atoms with van der Waals surface area (Å²) in [5.41, 5.74) is 1.20. The molecule has 0 amide bonds. The Bertz CT molecular complexity index is 464. The fraction of sp³-hybridized carbons (Fsp3) is 0.647. The highest BCUT2D eigenvalue weighted by atomic mass is 16.5. The van der Waals surface area contributed by atoms with Gasteiger partial charge in [-0.3, -0.25) is 0 Å². The van der Waals surface area contributed by atoms with E-state index in [-0.39, 0.29) is 0 Å².